The van der Waals surface area contributed by atoms with Gasteiger partial charge in [-0.25, -0.2) is 4.68 Å². The van der Waals surface area contributed by atoms with Crippen LogP contribution in [0, 0.1) is 0 Å². The highest BCUT2D eigenvalue weighted by Crippen LogP contribution is 2.06. The molecule has 0 saturated carbocycles. The number of para-hydroxylation sites is 1. The maximum atomic E-state index is 11.8. The molecule has 0 aliphatic carbocycles. The van der Waals surface area contributed by atoms with Crippen LogP contribution in [-0.4, -0.2) is 16.0 Å². The second-order valence-corrected chi connectivity index (χ2v) is 4.00. The normalized spacial score (nSPS) is 10.3. The summed E-state index contributed by atoms with van der Waals surface area (Å²) in [6.45, 7) is 0. The zero-order valence-electron chi connectivity index (χ0n) is 8.64. The van der Waals surface area contributed by atoms with Crippen LogP contribution in [0.5, 0.6) is 0 Å². The molecule has 1 aromatic heterocycles. The first-order valence-electron chi connectivity index (χ1n) is 4.68. The Hall–Kier alpha value is -1.75. The molecule has 82 valence electrons. The van der Waals surface area contributed by atoms with Crippen LogP contribution in [0.1, 0.15) is 0 Å². The lowest BCUT2D eigenvalue weighted by atomic mass is 10.3. The number of aromatic nitrogens is 2. The highest BCUT2D eigenvalue weighted by molar-refractivity contribution is 7.98. The average molecular weight is 234 g/mol. The van der Waals surface area contributed by atoms with Gasteiger partial charge in [-0.05, 0) is 18.4 Å². The Morgan fingerprint density at radius 1 is 1.19 bits per heavy atom. The van der Waals surface area contributed by atoms with Gasteiger partial charge in [-0.1, -0.05) is 18.2 Å². The van der Waals surface area contributed by atoms with Crippen molar-refractivity contribution in [2.45, 2.75) is 4.90 Å². The highest BCUT2D eigenvalue weighted by atomic mass is 32.2. The van der Waals surface area contributed by atoms with Crippen molar-refractivity contribution in [1.29, 1.82) is 0 Å². The number of nitrogens with one attached hydrogen (secondary N) is 1. The molecule has 0 saturated heterocycles. The van der Waals surface area contributed by atoms with Gasteiger partial charge >= 0.3 is 5.56 Å². The van der Waals surface area contributed by atoms with Crippen LogP contribution >= 0.6 is 11.8 Å². The maximum Gasteiger partial charge on any atom is 0.318 e. The van der Waals surface area contributed by atoms with Crippen molar-refractivity contribution in [3.63, 3.8) is 0 Å². The molecular weight excluding hydrogens is 224 g/mol. The van der Waals surface area contributed by atoms with E-state index in [1.807, 2.05) is 18.2 Å². The standard InChI is InChI=1S/C11H10N2O2S/c1-16-9-7-12-13(11(15)10(9)14)8-5-3-2-4-6-8/h2-7,12H,1H3. The van der Waals surface area contributed by atoms with E-state index >= 15 is 0 Å². The Balaban J connectivity index is 2.66. The summed E-state index contributed by atoms with van der Waals surface area (Å²) in [5, 5.41) is 2.80. The van der Waals surface area contributed by atoms with E-state index in [1.165, 1.54) is 16.4 Å². The lowest BCUT2D eigenvalue weighted by molar-refractivity contribution is 0.778. The number of hydrogen-bond donors (Lipinski definition) is 1. The topological polar surface area (TPSA) is 54.9 Å². The van der Waals surface area contributed by atoms with E-state index in [9.17, 15) is 9.59 Å². The van der Waals surface area contributed by atoms with Crippen molar-refractivity contribution in [3.05, 3.63) is 57.1 Å². The zero-order chi connectivity index (χ0) is 11.5. The van der Waals surface area contributed by atoms with Crippen LogP contribution in [0.25, 0.3) is 5.69 Å². The van der Waals surface area contributed by atoms with Crippen molar-refractivity contribution in [1.82, 2.24) is 9.78 Å². The minimum Gasteiger partial charge on any atom is -0.297 e. The molecule has 0 spiro atoms. The molecule has 4 nitrogen and oxygen atoms in total. The van der Waals surface area contributed by atoms with Crippen LogP contribution in [0.15, 0.2) is 51.0 Å². The molecule has 1 N–H and O–H groups in total. The van der Waals surface area contributed by atoms with Crippen molar-refractivity contribution in [2.24, 2.45) is 0 Å². The Bertz CT molecular complexity index is 601. The van der Waals surface area contributed by atoms with E-state index in [0.29, 0.717) is 10.6 Å². The van der Waals surface area contributed by atoms with Crippen molar-refractivity contribution in [2.75, 3.05) is 6.26 Å². The molecule has 1 aromatic carbocycles. The van der Waals surface area contributed by atoms with Gasteiger partial charge in [0.15, 0.2) is 0 Å². The summed E-state index contributed by atoms with van der Waals surface area (Å²) in [6.07, 6.45) is 3.30. The molecule has 0 atom stereocenters. The minimum atomic E-state index is -0.557. The van der Waals surface area contributed by atoms with Gasteiger partial charge in [-0.15, -0.1) is 11.8 Å². The zero-order valence-corrected chi connectivity index (χ0v) is 9.45. The largest absolute Gasteiger partial charge is 0.318 e. The molecule has 0 aliphatic heterocycles. The molecule has 2 rings (SSSR count). The number of nitrogens with zero attached hydrogens (tertiary/aromatic N) is 1. The van der Waals surface area contributed by atoms with Gasteiger partial charge < -0.3 is 0 Å². The first-order chi connectivity index (χ1) is 7.74. The molecule has 0 radical (unpaired) electrons. The van der Waals surface area contributed by atoms with Crippen LogP contribution < -0.4 is 11.0 Å². The number of rotatable bonds is 2. The fourth-order valence-electron chi connectivity index (χ4n) is 1.37. The highest BCUT2D eigenvalue weighted by Gasteiger charge is 2.06. The summed E-state index contributed by atoms with van der Waals surface area (Å²) in [7, 11) is 0. The maximum absolute atomic E-state index is 11.8. The molecule has 0 fully saturated rings. The summed E-state index contributed by atoms with van der Waals surface area (Å²) in [5.41, 5.74) is -0.384. The van der Waals surface area contributed by atoms with Crippen LogP contribution in [0.3, 0.4) is 0 Å². The molecule has 16 heavy (non-hydrogen) atoms. The Morgan fingerprint density at radius 2 is 1.88 bits per heavy atom. The van der Waals surface area contributed by atoms with E-state index in [2.05, 4.69) is 5.10 Å². The number of H-pyrrole nitrogens is 1. The average Bonchev–Trinajstić information content (AvgIpc) is 2.34. The van der Waals surface area contributed by atoms with Crippen LogP contribution in [-0.2, 0) is 0 Å². The van der Waals surface area contributed by atoms with Gasteiger partial charge in [0.25, 0.3) is 5.43 Å². The summed E-state index contributed by atoms with van der Waals surface area (Å²) in [6, 6.07) is 8.99. The van der Waals surface area contributed by atoms with E-state index in [-0.39, 0.29) is 0 Å². The Morgan fingerprint density at radius 3 is 2.50 bits per heavy atom. The van der Waals surface area contributed by atoms with Crippen LogP contribution in [0.4, 0.5) is 0 Å². The minimum absolute atomic E-state index is 0.428. The van der Waals surface area contributed by atoms with E-state index in [4.69, 9.17) is 0 Å². The molecule has 1 heterocycles. The predicted octanol–water partition coefficient (Wildman–Crippen LogP) is 1.25. The number of benzene rings is 1. The monoisotopic (exact) mass is 234 g/mol. The molecule has 0 aliphatic rings. The molecule has 0 unspecified atom stereocenters. The Labute approximate surface area is 95.9 Å². The second-order valence-electron chi connectivity index (χ2n) is 3.15. The van der Waals surface area contributed by atoms with Gasteiger partial charge in [0.2, 0.25) is 0 Å². The van der Waals surface area contributed by atoms with Gasteiger partial charge in [-0.3, -0.25) is 14.7 Å². The smallest absolute Gasteiger partial charge is 0.297 e. The molecule has 0 amide bonds. The fourth-order valence-corrected chi connectivity index (χ4v) is 1.82. The summed E-state index contributed by atoms with van der Waals surface area (Å²) in [5.74, 6) is 0. The van der Waals surface area contributed by atoms with Crippen molar-refractivity contribution >= 4 is 11.8 Å². The third kappa shape index (κ3) is 1.81. The van der Waals surface area contributed by atoms with Gasteiger partial charge in [0, 0.05) is 6.20 Å². The van der Waals surface area contributed by atoms with E-state index < -0.39 is 11.0 Å². The third-order valence-electron chi connectivity index (χ3n) is 2.18. The first-order valence-corrected chi connectivity index (χ1v) is 5.90. The first kappa shape index (κ1) is 10.8. The SMILES string of the molecule is CSc1c[nH]n(-c2ccccc2)c(=O)c1=O. The lowest BCUT2D eigenvalue weighted by Gasteiger charge is -2.05. The van der Waals surface area contributed by atoms with Crippen LogP contribution in [0.2, 0.25) is 0 Å². The quantitative estimate of drug-likeness (QED) is 0.628. The number of aromatic amines is 1. The van der Waals surface area contributed by atoms with E-state index in [0.717, 1.165) is 0 Å². The number of hydrogen-bond acceptors (Lipinski definition) is 3. The lowest BCUT2D eigenvalue weighted by Crippen LogP contribution is -2.35. The molecular formula is C11H10N2O2S. The van der Waals surface area contributed by atoms with E-state index in [1.54, 1.807) is 24.6 Å². The second kappa shape index (κ2) is 4.40. The van der Waals surface area contributed by atoms with Crippen molar-refractivity contribution < 1.29 is 0 Å². The Kier molecular flexibility index (Phi) is 2.96. The molecule has 5 heteroatoms. The summed E-state index contributed by atoms with van der Waals surface area (Å²) < 4.78 is 1.24. The van der Waals surface area contributed by atoms with Gasteiger partial charge in [-0.2, -0.15) is 0 Å². The molecule has 0 bridgehead atoms. The summed E-state index contributed by atoms with van der Waals surface area (Å²) >= 11 is 1.26. The van der Waals surface area contributed by atoms with Crippen molar-refractivity contribution in [3.8, 4) is 5.69 Å². The predicted molar refractivity (Wildman–Crippen MR) is 64.4 cm³/mol. The molecule has 2 aromatic rings. The fraction of sp³-hybridized carbons (Fsp3) is 0.0909. The van der Waals surface area contributed by atoms with Gasteiger partial charge in [0.1, 0.15) is 0 Å². The number of thioether (sulfide) groups is 1. The van der Waals surface area contributed by atoms with Gasteiger partial charge in [0.05, 0.1) is 10.6 Å². The summed E-state index contributed by atoms with van der Waals surface area (Å²) in [4.78, 5) is 23.8. The third-order valence-corrected chi connectivity index (χ3v) is 2.92.